The van der Waals surface area contributed by atoms with Gasteiger partial charge in [0, 0.05) is 23.9 Å². The highest BCUT2D eigenvalue weighted by molar-refractivity contribution is 5.91. The molecule has 0 atom stereocenters. The molecule has 0 radical (unpaired) electrons. The van der Waals surface area contributed by atoms with Crippen molar-refractivity contribution in [2.75, 3.05) is 5.32 Å². The van der Waals surface area contributed by atoms with E-state index in [4.69, 9.17) is 0 Å². The highest BCUT2D eigenvalue weighted by atomic mass is 19.1. The van der Waals surface area contributed by atoms with Crippen LogP contribution in [0.2, 0.25) is 0 Å². The Balaban J connectivity index is 2.11. The molecule has 0 heterocycles. The third-order valence-electron chi connectivity index (χ3n) is 2.33. The van der Waals surface area contributed by atoms with E-state index in [1.807, 2.05) is 0 Å². The van der Waals surface area contributed by atoms with Crippen molar-refractivity contribution in [2.24, 2.45) is 0 Å². The van der Waals surface area contributed by atoms with Gasteiger partial charge in [0.25, 0.3) is 0 Å². The van der Waals surface area contributed by atoms with Crippen molar-refractivity contribution in [1.82, 2.24) is 0 Å². The number of rotatable bonds is 2. The van der Waals surface area contributed by atoms with Gasteiger partial charge in [0.05, 0.1) is 0 Å². The molecule has 1 aromatic rings. The summed E-state index contributed by atoms with van der Waals surface area (Å²) in [6, 6.07) is 6.23. The van der Waals surface area contributed by atoms with Crippen molar-refractivity contribution >= 4 is 11.5 Å². The standard InChI is InChI=1S/C12H12FNO/c13-9-3-1-4-10(7-9)14-11-5-2-6-12(15)8-11/h1,3-4,7-8,14H,2,5-6H2. The first-order valence-electron chi connectivity index (χ1n) is 5.00. The lowest BCUT2D eigenvalue weighted by Crippen LogP contribution is -2.09. The molecule has 2 nitrogen and oxygen atoms in total. The Morgan fingerprint density at radius 3 is 2.87 bits per heavy atom. The molecule has 78 valence electrons. The topological polar surface area (TPSA) is 29.1 Å². The quantitative estimate of drug-likeness (QED) is 0.804. The zero-order valence-corrected chi connectivity index (χ0v) is 8.29. The molecule has 1 aliphatic carbocycles. The van der Waals surface area contributed by atoms with Gasteiger partial charge >= 0.3 is 0 Å². The molecule has 0 fully saturated rings. The number of halogens is 1. The molecule has 1 aromatic carbocycles. The van der Waals surface area contributed by atoms with Crippen molar-refractivity contribution in [2.45, 2.75) is 19.3 Å². The van der Waals surface area contributed by atoms with Crippen molar-refractivity contribution in [1.29, 1.82) is 0 Å². The summed E-state index contributed by atoms with van der Waals surface area (Å²) < 4.78 is 12.9. The van der Waals surface area contributed by atoms with E-state index in [9.17, 15) is 9.18 Å². The van der Waals surface area contributed by atoms with Gasteiger partial charge in [0.1, 0.15) is 5.82 Å². The Hall–Kier alpha value is -1.64. The summed E-state index contributed by atoms with van der Waals surface area (Å²) in [5, 5.41) is 3.05. The van der Waals surface area contributed by atoms with E-state index in [-0.39, 0.29) is 11.6 Å². The molecule has 0 saturated carbocycles. The number of hydrogen-bond acceptors (Lipinski definition) is 2. The molecular formula is C12H12FNO. The van der Waals surface area contributed by atoms with Crippen LogP contribution in [-0.4, -0.2) is 5.78 Å². The summed E-state index contributed by atoms with van der Waals surface area (Å²) in [6.45, 7) is 0. The van der Waals surface area contributed by atoms with Crippen LogP contribution in [0.5, 0.6) is 0 Å². The van der Waals surface area contributed by atoms with Crippen LogP contribution in [0.4, 0.5) is 10.1 Å². The molecular weight excluding hydrogens is 193 g/mol. The van der Waals surface area contributed by atoms with E-state index >= 15 is 0 Å². The average molecular weight is 205 g/mol. The monoisotopic (exact) mass is 205 g/mol. The fourth-order valence-corrected chi connectivity index (χ4v) is 1.64. The van der Waals surface area contributed by atoms with E-state index in [0.29, 0.717) is 12.1 Å². The van der Waals surface area contributed by atoms with Gasteiger partial charge in [-0.1, -0.05) is 6.07 Å². The minimum Gasteiger partial charge on any atom is -0.359 e. The second-order valence-electron chi connectivity index (χ2n) is 3.62. The summed E-state index contributed by atoms with van der Waals surface area (Å²) in [6.07, 6.45) is 3.94. The van der Waals surface area contributed by atoms with Gasteiger partial charge in [-0.25, -0.2) is 4.39 Å². The summed E-state index contributed by atoms with van der Waals surface area (Å²) in [4.78, 5) is 11.1. The van der Waals surface area contributed by atoms with E-state index in [0.717, 1.165) is 18.5 Å². The minimum atomic E-state index is -0.275. The number of anilines is 1. The highest BCUT2D eigenvalue weighted by Crippen LogP contribution is 2.18. The lowest BCUT2D eigenvalue weighted by atomic mass is 10.0. The van der Waals surface area contributed by atoms with Gasteiger partial charge in [0.15, 0.2) is 5.78 Å². The number of carbonyl (C=O) groups is 1. The van der Waals surface area contributed by atoms with Gasteiger partial charge in [-0.2, -0.15) is 0 Å². The largest absolute Gasteiger partial charge is 0.359 e. The second-order valence-corrected chi connectivity index (χ2v) is 3.62. The molecule has 0 bridgehead atoms. The van der Waals surface area contributed by atoms with Crippen LogP contribution in [0.1, 0.15) is 19.3 Å². The summed E-state index contributed by atoms with van der Waals surface area (Å²) in [5.74, 6) is -0.136. The normalized spacial score (nSPS) is 16.1. The third kappa shape index (κ3) is 2.65. The first-order valence-corrected chi connectivity index (χ1v) is 5.00. The van der Waals surface area contributed by atoms with Gasteiger partial charge in [-0.15, -0.1) is 0 Å². The molecule has 0 spiro atoms. The smallest absolute Gasteiger partial charge is 0.157 e. The minimum absolute atomic E-state index is 0.139. The van der Waals surface area contributed by atoms with Crippen molar-refractivity contribution in [3.05, 3.63) is 41.9 Å². The molecule has 2 rings (SSSR count). The molecule has 0 saturated heterocycles. The lowest BCUT2D eigenvalue weighted by molar-refractivity contribution is -0.115. The molecule has 3 heteroatoms. The second kappa shape index (κ2) is 4.26. The predicted molar refractivity (Wildman–Crippen MR) is 57.0 cm³/mol. The van der Waals surface area contributed by atoms with Gasteiger partial charge < -0.3 is 5.32 Å². The van der Waals surface area contributed by atoms with Gasteiger partial charge in [-0.3, -0.25) is 4.79 Å². The number of nitrogens with one attached hydrogen (secondary N) is 1. The zero-order valence-electron chi connectivity index (χ0n) is 8.29. The Morgan fingerprint density at radius 1 is 1.27 bits per heavy atom. The molecule has 0 unspecified atom stereocenters. The molecule has 0 aliphatic heterocycles. The van der Waals surface area contributed by atoms with Crippen LogP contribution in [-0.2, 0) is 4.79 Å². The lowest BCUT2D eigenvalue weighted by Gasteiger charge is -2.14. The Morgan fingerprint density at radius 2 is 2.13 bits per heavy atom. The van der Waals surface area contributed by atoms with Gasteiger partial charge in [-0.05, 0) is 31.0 Å². The van der Waals surface area contributed by atoms with Crippen LogP contribution in [0.3, 0.4) is 0 Å². The molecule has 1 N–H and O–H groups in total. The Bertz CT molecular complexity index is 412. The van der Waals surface area contributed by atoms with Crippen LogP contribution < -0.4 is 5.32 Å². The van der Waals surface area contributed by atoms with Crippen molar-refractivity contribution in [3.63, 3.8) is 0 Å². The number of hydrogen-bond donors (Lipinski definition) is 1. The fourth-order valence-electron chi connectivity index (χ4n) is 1.64. The van der Waals surface area contributed by atoms with E-state index in [1.54, 1.807) is 18.2 Å². The van der Waals surface area contributed by atoms with Crippen molar-refractivity contribution in [3.8, 4) is 0 Å². The number of ketones is 1. The van der Waals surface area contributed by atoms with E-state index < -0.39 is 0 Å². The molecule has 0 aromatic heterocycles. The molecule has 0 amide bonds. The average Bonchev–Trinajstić information content (AvgIpc) is 2.17. The summed E-state index contributed by atoms with van der Waals surface area (Å²) in [5.41, 5.74) is 1.56. The Kier molecular flexibility index (Phi) is 2.81. The van der Waals surface area contributed by atoms with Crippen LogP contribution in [0.25, 0.3) is 0 Å². The van der Waals surface area contributed by atoms with E-state index in [2.05, 4.69) is 5.32 Å². The van der Waals surface area contributed by atoms with E-state index in [1.165, 1.54) is 12.1 Å². The van der Waals surface area contributed by atoms with Crippen molar-refractivity contribution < 1.29 is 9.18 Å². The van der Waals surface area contributed by atoms with Gasteiger partial charge in [0.2, 0.25) is 0 Å². The highest BCUT2D eigenvalue weighted by Gasteiger charge is 2.09. The first-order chi connectivity index (χ1) is 7.24. The summed E-state index contributed by atoms with van der Waals surface area (Å²) in [7, 11) is 0. The fraction of sp³-hybridized carbons (Fsp3) is 0.250. The molecule has 1 aliphatic rings. The zero-order chi connectivity index (χ0) is 10.7. The number of benzene rings is 1. The van der Waals surface area contributed by atoms with Crippen LogP contribution >= 0.6 is 0 Å². The SMILES string of the molecule is O=C1C=C(Nc2cccc(F)c2)CCC1. The van der Waals surface area contributed by atoms with Crippen LogP contribution in [0.15, 0.2) is 36.0 Å². The maximum atomic E-state index is 12.9. The number of carbonyl (C=O) groups excluding carboxylic acids is 1. The molecule has 15 heavy (non-hydrogen) atoms. The first kappa shape index (κ1) is 9.90. The predicted octanol–water partition coefficient (Wildman–Crippen LogP) is 2.87. The maximum Gasteiger partial charge on any atom is 0.157 e. The Labute approximate surface area is 87.8 Å². The summed E-state index contributed by atoms with van der Waals surface area (Å²) >= 11 is 0. The third-order valence-corrected chi connectivity index (χ3v) is 2.33. The number of allylic oxidation sites excluding steroid dienone is 2. The van der Waals surface area contributed by atoms with Crippen LogP contribution in [0, 0.1) is 5.82 Å². The maximum absolute atomic E-state index is 12.9.